The van der Waals surface area contributed by atoms with E-state index in [4.69, 9.17) is 0 Å². The van der Waals surface area contributed by atoms with Crippen LogP contribution in [-0.2, 0) is 4.79 Å². The van der Waals surface area contributed by atoms with Crippen LogP contribution in [0.3, 0.4) is 0 Å². The van der Waals surface area contributed by atoms with Crippen molar-refractivity contribution in [1.29, 1.82) is 0 Å². The molecule has 0 aromatic heterocycles. The maximum Gasteiger partial charge on any atom is 0.321 e. The van der Waals surface area contributed by atoms with E-state index in [9.17, 15) is 9.59 Å². The van der Waals surface area contributed by atoms with Crippen LogP contribution in [0.1, 0.15) is 0 Å². The molecule has 0 unspecified atom stereocenters. The number of fused-ring (bicyclic) bond motifs is 1. The van der Waals surface area contributed by atoms with Gasteiger partial charge in [-0.15, -0.1) is 6.58 Å². The first-order valence-electron chi connectivity index (χ1n) is 6.47. The predicted octanol–water partition coefficient (Wildman–Crippen LogP) is 0.930. The van der Waals surface area contributed by atoms with E-state index in [2.05, 4.69) is 22.5 Å². The Morgan fingerprint density at radius 2 is 2.20 bits per heavy atom. The molecule has 1 aromatic rings. The average molecular weight is 274 g/mol. The van der Waals surface area contributed by atoms with Gasteiger partial charge in [-0.3, -0.25) is 10.1 Å². The molecule has 0 bridgehead atoms. The number of carbonyl (C=O) groups is 2. The second-order valence-corrected chi connectivity index (χ2v) is 4.41. The number of hydrogen-bond donors (Lipinski definition) is 3. The molecule has 2 rings (SSSR count). The number of benzene rings is 1. The second-order valence-electron chi connectivity index (χ2n) is 4.41. The van der Waals surface area contributed by atoms with E-state index in [1.54, 1.807) is 6.08 Å². The van der Waals surface area contributed by atoms with Crippen molar-refractivity contribution in [3.05, 3.63) is 36.9 Å². The van der Waals surface area contributed by atoms with Gasteiger partial charge in [0.15, 0.2) is 0 Å². The van der Waals surface area contributed by atoms with Gasteiger partial charge in [-0.1, -0.05) is 18.2 Å². The quantitative estimate of drug-likeness (QED) is 0.714. The van der Waals surface area contributed by atoms with Crippen LogP contribution in [0.4, 0.5) is 16.2 Å². The maximum absolute atomic E-state index is 11.8. The van der Waals surface area contributed by atoms with E-state index in [0.29, 0.717) is 6.54 Å². The van der Waals surface area contributed by atoms with Crippen molar-refractivity contribution in [2.45, 2.75) is 0 Å². The fraction of sp³-hybridized carbons (Fsp3) is 0.286. The van der Waals surface area contributed by atoms with Crippen LogP contribution >= 0.6 is 0 Å². The van der Waals surface area contributed by atoms with Crippen LogP contribution in [0.15, 0.2) is 36.9 Å². The third-order valence-electron chi connectivity index (χ3n) is 2.94. The molecule has 6 heteroatoms. The molecule has 3 N–H and O–H groups in total. The summed E-state index contributed by atoms with van der Waals surface area (Å²) < 4.78 is 0. The van der Waals surface area contributed by atoms with Gasteiger partial charge in [-0.25, -0.2) is 4.79 Å². The Kier molecular flexibility index (Phi) is 4.60. The van der Waals surface area contributed by atoms with Crippen molar-refractivity contribution in [1.82, 2.24) is 10.6 Å². The molecule has 0 spiro atoms. The lowest BCUT2D eigenvalue weighted by atomic mass is 10.2. The number of para-hydroxylation sites is 2. The van der Waals surface area contributed by atoms with Crippen LogP contribution in [0.25, 0.3) is 0 Å². The minimum Gasteiger partial charge on any atom is -0.382 e. The lowest BCUT2D eigenvalue weighted by Gasteiger charge is -2.31. The topological polar surface area (TPSA) is 73.5 Å². The highest BCUT2D eigenvalue weighted by Crippen LogP contribution is 2.27. The van der Waals surface area contributed by atoms with Crippen LogP contribution in [0.5, 0.6) is 0 Å². The lowest BCUT2D eigenvalue weighted by Crippen LogP contribution is -2.46. The first-order valence-corrected chi connectivity index (χ1v) is 6.47. The third kappa shape index (κ3) is 3.50. The predicted molar refractivity (Wildman–Crippen MR) is 78.9 cm³/mol. The summed E-state index contributed by atoms with van der Waals surface area (Å²) in [6.45, 7) is 5.46. The van der Waals surface area contributed by atoms with Gasteiger partial charge in [-0.2, -0.15) is 0 Å². The number of nitrogens with one attached hydrogen (secondary N) is 3. The summed E-state index contributed by atoms with van der Waals surface area (Å²) >= 11 is 0. The molecule has 106 valence electrons. The number of nitrogens with zero attached hydrogens (tertiary/aromatic N) is 1. The highest BCUT2D eigenvalue weighted by atomic mass is 16.2. The Labute approximate surface area is 117 Å². The van der Waals surface area contributed by atoms with Crippen LogP contribution in [0.2, 0.25) is 0 Å². The molecule has 1 aliphatic heterocycles. The van der Waals surface area contributed by atoms with Gasteiger partial charge >= 0.3 is 6.03 Å². The number of urea groups is 1. The zero-order chi connectivity index (χ0) is 14.4. The third-order valence-corrected chi connectivity index (χ3v) is 2.94. The van der Waals surface area contributed by atoms with Crippen molar-refractivity contribution < 1.29 is 9.59 Å². The summed E-state index contributed by atoms with van der Waals surface area (Å²) in [5.74, 6) is -0.330. The molecular weight excluding hydrogens is 256 g/mol. The molecular formula is C14H18N4O2. The molecule has 1 heterocycles. The fourth-order valence-corrected chi connectivity index (χ4v) is 2.06. The van der Waals surface area contributed by atoms with E-state index >= 15 is 0 Å². The number of rotatable bonds is 4. The van der Waals surface area contributed by atoms with Crippen molar-refractivity contribution in [2.75, 3.05) is 36.4 Å². The normalized spacial score (nSPS) is 12.9. The van der Waals surface area contributed by atoms with Gasteiger partial charge in [0.2, 0.25) is 5.91 Å². The summed E-state index contributed by atoms with van der Waals surface area (Å²) in [7, 11) is 0. The number of hydrogen-bond acceptors (Lipinski definition) is 4. The van der Waals surface area contributed by atoms with Gasteiger partial charge < -0.3 is 15.5 Å². The Morgan fingerprint density at radius 3 is 3.00 bits per heavy atom. The van der Waals surface area contributed by atoms with Crippen LogP contribution < -0.4 is 20.9 Å². The average Bonchev–Trinajstić information content (AvgIpc) is 2.45. The number of carbonyl (C=O) groups excluding carboxylic acids is 2. The minimum atomic E-state index is -0.502. The fourth-order valence-electron chi connectivity index (χ4n) is 2.06. The SMILES string of the molecule is C=CCNC(=O)NC(=O)CN1CCNc2ccccc21. The highest BCUT2D eigenvalue weighted by molar-refractivity contribution is 5.97. The number of anilines is 2. The largest absolute Gasteiger partial charge is 0.382 e. The summed E-state index contributed by atoms with van der Waals surface area (Å²) in [6, 6.07) is 7.28. The van der Waals surface area contributed by atoms with E-state index in [1.165, 1.54) is 0 Å². The molecule has 0 saturated heterocycles. The van der Waals surface area contributed by atoms with Crippen molar-refractivity contribution in [3.8, 4) is 0 Å². The smallest absolute Gasteiger partial charge is 0.321 e. The van der Waals surface area contributed by atoms with Crippen LogP contribution in [0, 0.1) is 0 Å². The summed E-state index contributed by atoms with van der Waals surface area (Å²) in [5, 5.41) is 8.06. The first-order chi connectivity index (χ1) is 9.70. The Bertz CT molecular complexity index is 516. The van der Waals surface area contributed by atoms with Gasteiger partial charge in [0, 0.05) is 19.6 Å². The zero-order valence-electron chi connectivity index (χ0n) is 11.2. The summed E-state index contributed by atoms with van der Waals surface area (Å²) in [4.78, 5) is 25.2. The first kappa shape index (κ1) is 13.9. The van der Waals surface area contributed by atoms with Gasteiger partial charge in [0.1, 0.15) is 0 Å². The molecule has 0 saturated carbocycles. The van der Waals surface area contributed by atoms with Gasteiger partial charge in [0.05, 0.1) is 17.9 Å². The molecule has 0 radical (unpaired) electrons. The molecule has 1 aliphatic rings. The molecule has 6 nitrogen and oxygen atoms in total. The summed E-state index contributed by atoms with van der Waals surface area (Å²) in [5.41, 5.74) is 1.98. The standard InChI is InChI=1S/C14H18N4O2/c1-2-7-16-14(20)17-13(19)10-18-9-8-15-11-5-3-4-6-12(11)18/h2-6,15H,1,7-10H2,(H2,16,17,19,20). The number of imide groups is 1. The van der Waals surface area contributed by atoms with E-state index in [1.807, 2.05) is 29.2 Å². The maximum atomic E-state index is 11.8. The number of amides is 3. The molecule has 1 aromatic carbocycles. The molecule has 3 amide bonds. The van der Waals surface area contributed by atoms with Gasteiger partial charge in [-0.05, 0) is 12.1 Å². The van der Waals surface area contributed by atoms with Crippen molar-refractivity contribution >= 4 is 23.3 Å². The zero-order valence-corrected chi connectivity index (χ0v) is 11.2. The minimum absolute atomic E-state index is 0.153. The molecule has 0 aliphatic carbocycles. The van der Waals surface area contributed by atoms with Gasteiger partial charge in [0.25, 0.3) is 0 Å². The van der Waals surface area contributed by atoms with E-state index in [-0.39, 0.29) is 12.5 Å². The highest BCUT2D eigenvalue weighted by Gasteiger charge is 2.19. The monoisotopic (exact) mass is 274 g/mol. The van der Waals surface area contributed by atoms with E-state index < -0.39 is 6.03 Å². The van der Waals surface area contributed by atoms with Crippen molar-refractivity contribution in [3.63, 3.8) is 0 Å². The molecule has 0 fully saturated rings. The molecule has 20 heavy (non-hydrogen) atoms. The summed E-state index contributed by atoms with van der Waals surface area (Å²) in [6.07, 6.45) is 1.55. The second kappa shape index (κ2) is 6.60. The Hall–Kier alpha value is -2.50. The van der Waals surface area contributed by atoms with E-state index in [0.717, 1.165) is 24.5 Å². The Balaban J connectivity index is 1.92. The van der Waals surface area contributed by atoms with Crippen LogP contribution in [-0.4, -0.2) is 38.1 Å². The lowest BCUT2D eigenvalue weighted by molar-refractivity contribution is -0.118. The Morgan fingerprint density at radius 1 is 1.40 bits per heavy atom. The molecule has 0 atom stereocenters. The van der Waals surface area contributed by atoms with Crippen molar-refractivity contribution in [2.24, 2.45) is 0 Å².